The van der Waals surface area contributed by atoms with Crippen molar-refractivity contribution < 1.29 is 53.7 Å². The minimum Gasteiger partial charge on any atom is -0.508 e. The van der Waals surface area contributed by atoms with Crippen LogP contribution in [0.5, 0.6) is 51.7 Å². The van der Waals surface area contributed by atoms with Gasteiger partial charge in [-0.2, -0.15) is 0 Å². The number of nitrogens with zero attached hydrogens (tertiary/aromatic N) is 3. The highest BCUT2D eigenvalue weighted by Gasteiger charge is 2.53. The fourth-order valence-electron chi connectivity index (χ4n) is 7.83. The molecule has 0 amide bonds. The summed E-state index contributed by atoms with van der Waals surface area (Å²) >= 11 is 0. The highest BCUT2D eigenvalue weighted by molar-refractivity contribution is 6.02. The van der Waals surface area contributed by atoms with E-state index in [4.69, 9.17) is 23.7 Å². The summed E-state index contributed by atoms with van der Waals surface area (Å²) in [6.45, 7) is 1.19. The van der Waals surface area contributed by atoms with Gasteiger partial charge in [-0.05, 0) is 61.7 Å². The smallest absolute Gasteiger partial charge is 0.340 e. The molecular formula is C44H37N3O11. The van der Waals surface area contributed by atoms with Gasteiger partial charge in [-0.25, -0.2) is 4.79 Å². The molecule has 4 N–H and O–H groups in total. The van der Waals surface area contributed by atoms with Gasteiger partial charge in [0, 0.05) is 59.1 Å². The minimum atomic E-state index is -1.24. The quantitative estimate of drug-likeness (QED) is 0.0702. The van der Waals surface area contributed by atoms with Crippen molar-refractivity contribution in [1.29, 1.82) is 0 Å². The van der Waals surface area contributed by atoms with Gasteiger partial charge >= 0.3 is 5.97 Å². The zero-order valence-electron chi connectivity index (χ0n) is 31.0. The Bertz CT molecular complexity index is 2590. The maximum atomic E-state index is 13.1. The van der Waals surface area contributed by atoms with Gasteiger partial charge in [0.25, 0.3) is 0 Å². The summed E-state index contributed by atoms with van der Waals surface area (Å²) in [6, 6.07) is 24.4. The molecule has 0 radical (unpaired) electrons. The Morgan fingerprint density at radius 1 is 0.759 bits per heavy atom. The number of carbonyl (C=O) groups excluding carboxylic acids is 2. The van der Waals surface area contributed by atoms with Crippen LogP contribution in [-0.2, 0) is 23.5 Å². The predicted molar refractivity (Wildman–Crippen MR) is 205 cm³/mol. The molecule has 0 bridgehead atoms. The molecule has 9 rings (SSSR count). The van der Waals surface area contributed by atoms with Gasteiger partial charge in [-0.15, -0.1) is 5.10 Å². The standard InChI is InChI=1S/C44H37N3O11/c48-26-9-12-31(38-22-36(52)42-35(51)17-28(50)20-41(42)56-38)37(18-26)54-16-6-2-1-5-15-47-23-25(45-46-47)24-55-29-11-14-34-40(21-29)57-39-19-27(49)10-13-33(39)44(34)32-8-4-3-7-30(32)43(53)58-44/h3-4,7-14,17-21,23,38,48-51H,1-2,5-6,15-16,22,24H2. The van der Waals surface area contributed by atoms with Crippen LogP contribution in [0.3, 0.4) is 0 Å². The van der Waals surface area contributed by atoms with E-state index in [0.29, 0.717) is 69.7 Å². The third-order valence-electron chi connectivity index (χ3n) is 10.5. The monoisotopic (exact) mass is 783 g/mol. The highest BCUT2D eigenvalue weighted by atomic mass is 16.6. The number of aromatic hydroxyl groups is 4. The lowest BCUT2D eigenvalue weighted by Gasteiger charge is -2.36. The molecule has 1 spiro atoms. The topological polar surface area (TPSA) is 192 Å². The van der Waals surface area contributed by atoms with Crippen LogP contribution in [0.15, 0.2) is 97.2 Å². The number of aromatic nitrogens is 3. The van der Waals surface area contributed by atoms with Crippen molar-refractivity contribution in [2.24, 2.45) is 0 Å². The first-order valence-corrected chi connectivity index (χ1v) is 18.9. The van der Waals surface area contributed by atoms with E-state index in [-0.39, 0.29) is 53.1 Å². The van der Waals surface area contributed by atoms with Crippen molar-refractivity contribution in [3.05, 3.63) is 136 Å². The number of carbonyl (C=O) groups is 2. The predicted octanol–water partition coefficient (Wildman–Crippen LogP) is 7.59. The summed E-state index contributed by atoms with van der Waals surface area (Å²) in [5.41, 5.74) is 2.42. The summed E-state index contributed by atoms with van der Waals surface area (Å²) in [6.07, 6.45) is 4.46. The normalized spacial score (nSPS) is 17.3. The van der Waals surface area contributed by atoms with E-state index in [1.165, 1.54) is 24.3 Å². The van der Waals surface area contributed by atoms with Crippen LogP contribution in [0.2, 0.25) is 0 Å². The number of esters is 1. The van der Waals surface area contributed by atoms with Crippen LogP contribution < -0.4 is 18.9 Å². The Hall–Kier alpha value is -7.22. The number of ether oxygens (including phenoxy) is 5. The molecule has 1 aromatic heterocycles. The average Bonchev–Trinajstić information content (AvgIpc) is 3.78. The average molecular weight is 784 g/mol. The maximum absolute atomic E-state index is 13.1. The van der Waals surface area contributed by atoms with Gasteiger partial charge in [0.15, 0.2) is 11.4 Å². The number of aryl methyl sites for hydroxylation is 1. The second-order valence-electron chi connectivity index (χ2n) is 14.4. The first-order valence-electron chi connectivity index (χ1n) is 18.9. The lowest BCUT2D eigenvalue weighted by atomic mass is 9.77. The van der Waals surface area contributed by atoms with Crippen molar-refractivity contribution >= 4 is 11.8 Å². The summed E-state index contributed by atoms with van der Waals surface area (Å²) in [4.78, 5) is 25.9. The molecule has 294 valence electrons. The lowest BCUT2D eigenvalue weighted by molar-refractivity contribution is 0.0224. The first-order chi connectivity index (χ1) is 28.2. The van der Waals surface area contributed by atoms with Gasteiger partial charge in [0.05, 0.1) is 24.8 Å². The van der Waals surface area contributed by atoms with Crippen LogP contribution in [-0.4, -0.2) is 53.8 Å². The molecule has 6 aromatic rings. The zero-order valence-corrected chi connectivity index (χ0v) is 31.0. The SMILES string of the molecule is O=C1OC2(c3ccc(O)cc3Oc3cc(OCc4cn(CCCCCCOc5cc(O)ccc5C5CC(=O)c6c(O)cc(O)cc6O5)nn4)ccc32)c2ccccc21. The van der Waals surface area contributed by atoms with Crippen molar-refractivity contribution in [1.82, 2.24) is 15.0 Å². The van der Waals surface area contributed by atoms with Crippen LogP contribution in [0.1, 0.15) is 86.9 Å². The Kier molecular flexibility index (Phi) is 9.23. The molecule has 2 atom stereocenters. The summed E-state index contributed by atoms with van der Waals surface area (Å²) in [5.74, 6) is 0.499. The van der Waals surface area contributed by atoms with Crippen LogP contribution in [0.4, 0.5) is 0 Å². The number of hydrogen-bond donors (Lipinski definition) is 4. The molecule has 3 aliphatic heterocycles. The van der Waals surface area contributed by atoms with E-state index in [0.717, 1.165) is 31.7 Å². The Morgan fingerprint density at radius 3 is 2.40 bits per heavy atom. The van der Waals surface area contributed by atoms with Crippen LogP contribution in [0, 0.1) is 0 Å². The molecule has 0 saturated heterocycles. The van der Waals surface area contributed by atoms with Crippen molar-refractivity contribution in [2.75, 3.05) is 6.61 Å². The molecule has 5 aromatic carbocycles. The zero-order chi connectivity index (χ0) is 40.0. The number of unbranched alkanes of at least 4 members (excludes halogenated alkanes) is 3. The number of rotatable bonds is 12. The van der Waals surface area contributed by atoms with E-state index < -0.39 is 17.7 Å². The number of Topliss-reactive ketones (excluding diaryl/α,β-unsaturated/α-hetero) is 1. The van der Waals surface area contributed by atoms with E-state index in [9.17, 15) is 30.0 Å². The van der Waals surface area contributed by atoms with Gasteiger partial charge in [-0.1, -0.05) is 29.8 Å². The number of phenolic OH excluding ortho intramolecular Hbond substituents is 4. The Balaban J connectivity index is 0.769. The molecule has 58 heavy (non-hydrogen) atoms. The van der Waals surface area contributed by atoms with E-state index in [1.807, 2.05) is 24.4 Å². The number of fused-ring (bicyclic) bond motifs is 7. The largest absolute Gasteiger partial charge is 0.508 e. The van der Waals surface area contributed by atoms with Crippen molar-refractivity contribution in [2.45, 2.75) is 57.0 Å². The van der Waals surface area contributed by atoms with Crippen molar-refractivity contribution in [3.63, 3.8) is 0 Å². The highest BCUT2D eigenvalue weighted by Crippen LogP contribution is 2.57. The second-order valence-corrected chi connectivity index (χ2v) is 14.4. The molecule has 14 nitrogen and oxygen atoms in total. The third kappa shape index (κ3) is 6.61. The minimum absolute atomic E-state index is 0.0106. The van der Waals surface area contributed by atoms with Gasteiger partial charge in [-0.3, -0.25) is 9.48 Å². The van der Waals surface area contributed by atoms with Gasteiger partial charge in [0.2, 0.25) is 0 Å². The summed E-state index contributed by atoms with van der Waals surface area (Å²) in [7, 11) is 0. The molecular weight excluding hydrogens is 746 g/mol. The molecule has 0 saturated carbocycles. The number of benzene rings is 5. The van der Waals surface area contributed by atoms with E-state index in [2.05, 4.69) is 10.3 Å². The first kappa shape index (κ1) is 36.4. The third-order valence-corrected chi connectivity index (χ3v) is 10.5. The molecule has 0 aliphatic carbocycles. The van der Waals surface area contributed by atoms with E-state index >= 15 is 0 Å². The van der Waals surface area contributed by atoms with Crippen molar-refractivity contribution in [3.8, 4) is 51.7 Å². The molecule has 14 heteroatoms. The summed E-state index contributed by atoms with van der Waals surface area (Å²) in [5, 5.41) is 49.0. The van der Waals surface area contributed by atoms with E-state index in [1.54, 1.807) is 47.1 Å². The van der Waals surface area contributed by atoms with Crippen LogP contribution >= 0.6 is 0 Å². The fourth-order valence-corrected chi connectivity index (χ4v) is 7.83. The second kappa shape index (κ2) is 14.7. The molecule has 4 heterocycles. The lowest BCUT2D eigenvalue weighted by Crippen LogP contribution is -2.32. The van der Waals surface area contributed by atoms with Crippen LogP contribution in [0.25, 0.3) is 0 Å². The number of ketones is 1. The maximum Gasteiger partial charge on any atom is 0.340 e. The summed E-state index contributed by atoms with van der Waals surface area (Å²) < 4.78 is 32.3. The molecule has 0 fully saturated rings. The molecule has 3 aliphatic rings. The Morgan fingerprint density at radius 2 is 1.52 bits per heavy atom. The Labute approximate surface area is 331 Å². The fraction of sp³-hybridized carbons (Fsp3) is 0.227. The number of hydrogen-bond acceptors (Lipinski definition) is 13. The van der Waals surface area contributed by atoms with Gasteiger partial charge < -0.3 is 44.1 Å². The number of phenols is 4. The van der Waals surface area contributed by atoms with Gasteiger partial charge in [0.1, 0.15) is 75.7 Å². The molecule has 2 unspecified atom stereocenters.